The zero-order valence-electron chi connectivity index (χ0n) is 10.4. The van der Waals surface area contributed by atoms with Crippen LogP contribution in [0.3, 0.4) is 0 Å². The second kappa shape index (κ2) is 4.57. The number of methoxy groups -OCH3 is 1. The second-order valence-corrected chi connectivity index (χ2v) is 4.07. The Labute approximate surface area is 100 Å². The van der Waals surface area contributed by atoms with Crippen molar-refractivity contribution in [3.63, 3.8) is 0 Å². The van der Waals surface area contributed by atoms with Gasteiger partial charge >= 0.3 is 5.97 Å². The van der Waals surface area contributed by atoms with E-state index in [1.807, 2.05) is 29.7 Å². The van der Waals surface area contributed by atoms with Gasteiger partial charge in [-0.3, -0.25) is 0 Å². The molecule has 0 aliphatic carbocycles. The van der Waals surface area contributed by atoms with Crippen molar-refractivity contribution in [2.24, 2.45) is 0 Å². The Morgan fingerprint density at radius 1 is 1.47 bits per heavy atom. The quantitative estimate of drug-likeness (QED) is 0.764. The summed E-state index contributed by atoms with van der Waals surface area (Å²) < 4.78 is 6.68. The summed E-state index contributed by atoms with van der Waals surface area (Å²) in [7, 11) is 1.38. The normalized spacial score (nSPS) is 10.8. The number of carbonyl (C=O) groups is 1. The fourth-order valence-corrected chi connectivity index (χ4v) is 1.94. The van der Waals surface area contributed by atoms with E-state index in [-0.39, 0.29) is 5.97 Å². The zero-order valence-corrected chi connectivity index (χ0v) is 10.4. The van der Waals surface area contributed by atoms with E-state index in [0.717, 1.165) is 29.6 Å². The molecule has 4 heteroatoms. The molecule has 0 fully saturated rings. The van der Waals surface area contributed by atoms with Crippen molar-refractivity contribution in [1.29, 1.82) is 0 Å². The lowest BCUT2D eigenvalue weighted by Crippen LogP contribution is -2.11. The molecule has 0 radical (unpaired) electrons. The van der Waals surface area contributed by atoms with Gasteiger partial charge in [-0.15, -0.1) is 0 Å². The minimum absolute atomic E-state index is 0.382. The molecule has 4 nitrogen and oxygen atoms in total. The molecule has 2 aromatic rings. The first-order valence-corrected chi connectivity index (χ1v) is 5.72. The smallest absolute Gasteiger partial charge is 0.374 e. The van der Waals surface area contributed by atoms with Gasteiger partial charge in [-0.2, -0.15) is 0 Å². The summed E-state index contributed by atoms with van der Waals surface area (Å²) in [4.78, 5) is 16.0. The van der Waals surface area contributed by atoms with Gasteiger partial charge in [0.2, 0.25) is 5.82 Å². The van der Waals surface area contributed by atoms with E-state index < -0.39 is 0 Å². The van der Waals surface area contributed by atoms with Crippen LogP contribution in [0.15, 0.2) is 18.2 Å². The zero-order chi connectivity index (χ0) is 12.4. The predicted octanol–water partition coefficient (Wildman–Crippen LogP) is 2.54. The molecule has 1 aromatic heterocycles. The van der Waals surface area contributed by atoms with Gasteiger partial charge in [0.25, 0.3) is 0 Å². The fourth-order valence-electron chi connectivity index (χ4n) is 1.94. The van der Waals surface area contributed by atoms with E-state index >= 15 is 0 Å². The van der Waals surface area contributed by atoms with Gasteiger partial charge in [0, 0.05) is 6.54 Å². The van der Waals surface area contributed by atoms with Gasteiger partial charge < -0.3 is 9.30 Å². The van der Waals surface area contributed by atoms with E-state index in [2.05, 4.69) is 11.9 Å². The van der Waals surface area contributed by atoms with Crippen molar-refractivity contribution in [2.75, 3.05) is 7.11 Å². The number of nitrogens with zero attached hydrogens (tertiary/aromatic N) is 2. The number of fused-ring (bicyclic) bond motifs is 1. The Kier molecular flexibility index (Phi) is 3.13. The lowest BCUT2D eigenvalue weighted by atomic mass is 10.2. The van der Waals surface area contributed by atoms with Gasteiger partial charge in [-0.25, -0.2) is 9.78 Å². The van der Waals surface area contributed by atoms with Crippen molar-refractivity contribution in [2.45, 2.75) is 26.8 Å². The largest absolute Gasteiger partial charge is 0.463 e. The van der Waals surface area contributed by atoms with Crippen molar-refractivity contribution < 1.29 is 9.53 Å². The molecule has 0 unspecified atom stereocenters. The Morgan fingerprint density at radius 2 is 2.24 bits per heavy atom. The lowest BCUT2D eigenvalue weighted by molar-refractivity contribution is 0.0582. The molecule has 0 N–H and O–H groups in total. The molecular formula is C13H16N2O2. The molecule has 17 heavy (non-hydrogen) atoms. The number of ether oxygens (including phenoxy) is 1. The minimum atomic E-state index is -0.382. The van der Waals surface area contributed by atoms with Gasteiger partial charge in [0.05, 0.1) is 18.1 Å². The maximum Gasteiger partial charge on any atom is 0.374 e. The number of aromatic nitrogens is 2. The van der Waals surface area contributed by atoms with Crippen LogP contribution >= 0.6 is 0 Å². The molecule has 0 bridgehead atoms. The van der Waals surface area contributed by atoms with Crippen molar-refractivity contribution in [1.82, 2.24) is 9.55 Å². The average molecular weight is 232 g/mol. The number of esters is 1. The molecule has 0 saturated carbocycles. The molecule has 1 heterocycles. The summed E-state index contributed by atoms with van der Waals surface area (Å²) in [6.45, 7) is 4.85. The fraction of sp³-hybridized carbons (Fsp3) is 0.385. The highest BCUT2D eigenvalue weighted by molar-refractivity contribution is 5.91. The average Bonchev–Trinajstić information content (AvgIpc) is 2.67. The summed E-state index contributed by atoms with van der Waals surface area (Å²) >= 11 is 0. The van der Waals surface area contributed by atoms with Crippen LogP contribution in [0.4, 0.5) is 0 Å². The third-order valence-corrected chi connectivity index (χ3v) is 2.72. The highest BCUT2D eigenvalue weighted by Crippen LogP contribution is 2.18. The number of benzene rings is 1. The maximum absolute atomic E-state index is 11.7. The number of aryl methyl sites for hydroxylation is 2. The number of hydrogen-bond acceptors (Lipinski definition) is 3. The molecule has 0 amide bonds. The summed E-state index contributed by atoms with van der Waals surface area (Å²) in [6, 6.07) is 6.00. The minimum Gasteiger partial charge on any atom is -0.463 e. The van der Waals surface area contributed by atoms with Crippen molar-refractivity contribution in [3.05, 3.63) is 29.6 Å². The Morgan fingerprint density at radius 3 is 2.88 bits per heavy atom. The van der Waals surface area contributed by atoms with E-state index in [1.54, 1.807) is 0 Å². The highest BCUT2D eigenvalue weighted by Gasteiger charge is 2.17. The Balaban J connectivity index is 2.65. The van der Waals surface area contributed by atoms with E-state index in [1.165, 1.54) is 7.11 Å². The third kappa shape index (κ3) is 2.02. The van der Waals surface area contributed by atoms with E-state index in [4.69, 9.17) is 4.74 Å². The van der Waals surface area contributed by atoms with Gasteiger partial charge in [-0.05, 0) is 31.0 Å². The van der Waals surface area contributed by atoms with Crippen LogP contribution < -0.4 is 0 Å². The first kappa shape index (κ1) is 11.6. The van der Waals surface area contributed by atoms with Crippen molar-refractivity contribution in [3.8, 4) is 0 Å². The SMILES string of the molecule is CCCn1c(C(=O)OC)nc2cc(C)ccc21. The molecular weight excluding hydrogens is 216 g/mol. The molecule has 0 saturated heterocycles. The molecule has 90 valence electrons. The number of hydrogen-bond donors (Lipinski definition) is 0. The maximum atomic E-state index is 11.7. The first-order valence-electron chi connectivity index (χ1n) is 5.72. The molecule has 0 atom stereocenters. The van der Waals surface area contributed by atoms with Crippen LogP contribution in [-0.4, -0.2) is 22.6 Å². The standard InChI is InChI=1S/C13H16N2O2/c1-4-7-15-11-6-5-9(2)8-10(11)14-12(15)13(16)17-3/h5-6,8H,4,7H2,1-3H3. The monoisotopic (exact) mass is 232 g/mol. The summed E-state index contributed by atoms with van der Waals surface area (Å²) in [5, 5.41) is 0. The summed E-state index contributed by atoms with van der Waals surface area (Å²) in [6.07, 6.45) is 0.948. The van der Waals surface area contributed by atoms with Crippen molar-refractivity contribution >= 4 is 17.0 Å². The number of carbonyl (C=O) groups excluding carboxylic acids is 1. The Hall–Kier alpha value is -1.84. The van der Waals surface area contributed by atoms with Crippen LogP contribution in [0, 0.1) is 6.92 Å². The Bertz CT molecular complexity index is 558. The topological polar surface area (TPSA) is 44.1 Å². The summed E-state index contributed by atoms with van der Waals surface area (Å²) in [5.41, 5.74) is 2.96. The van der Waals surface area contributed by atoms with Crippen LogP contribution in [0.5, 0.6) is 0 Å². The third-order valence-electron chi connectivity index (χ3n) is 2.72. The van der Waals surface area contributed by atoms with E-state index in [9.17, 15) is 4.79 Å². The van der Waals surface area contributed by atoms with Crippen LogP contribution in [0.1, 0.15) is 29.5 Å². The number of imidazole rings is 1. The number of rotatable bonds is 3. The first-order chi connectivity index (χ1) is 8.17. The van der Waals surface area contributed by atoms with Crippen LogP contribution in [0.2, 0.25) is 0 Å². The molecule has 0 spiro atoms. The van der Waals surface area contributed by atoms with E-state index in [0.29, 0.717) is 5.82 Å². The summed E-state index contributed by atoms with van der Waals surface area (Å²) in [5.74, 6) is 0.00209. The molecule has 2 rings (SSSR count). The molecule has 0 aliphatic heterocycles. The highest BCUT2D eigenvalue weighted by atomic mass is 16.5. The molecule has 0 aliphatic rings. The van der Waals surface area contributed by atoms with Gasteiger partial charge in [0.1, 0.15) is 0 Å². The second-order valence-electron chi connectivity index (χ2n) is 4.07. The van der Waals surface area contributed by atoms with Crippen LogP contribution in [0.25, 0.3) is 11.0 Å². The predicted molar refractivity (Wildman–Crippen MR) is 66.1 cm³/mol. The van der Waals surface area contributed by atoms with Gasteiger partial charge in [-0.1, -0.05) is 13.0 Å². The lowest BCUT2D eigenvalue weighted by Gasteiger charge is -2.05. The van der Waals surface area contributed by atoms with Gasteiger partial charge in [0.15, 0.2) is 0 Å². The van der Waals surface area contributed by atoms with Crippen LogP contribution in [-0.2, 0) is 11.3 Å². The molecule has 1 aromatic carbocycles.